The second-order valence-electron chi connectivity index (χ2n) is 6.68. The van der Waals surface area contributed by atoms with Crippen molar-refractivity contribution >= 4 is 11.8 Å². The molecule has 108 valence electrons. The van der Waals surface area contributed by atoms with Crippen molar-refractivity contribution in [1.82, 2.24) is 10.2 Å². The van der Waals surface area contributed by atoms with E-state index in [2.05, 4.69) is 19.2 Å². The van der Waals surface area contributed by atoms with Crippen molar-refractivity contribution in [2.45, 2.75) is 70.9 Å². The van der Waals surface area contributed by atoms with Gasteiger partial charge in [-0.1, -0.05) is 33.6 Å². The van der Waals surface area contributed by atoms with Crippen molar-refractivity contribution in [2.75, 3.05) is 6.54 Å². The van der Waals surface area contributed by atoms with Crippen molar-refractivity contribution in [2.24, 2.45) is 5.92 Å². The third kappa shape index (κ3) is 2.15. The maximum absolute atomic E-state index is 12.9. The molecule has 0 radical (unpaired) electrons. The Kier molecular flexibility index (Phi) is 3.63. The first-order valence-electron chi connectivity index (χ1n) is 7.50. The Bertz CT molecular complexity index is 386. The Balaban J connectivity index is 2.36. The smallest absolute Gasteiger partial charge is 0.249 e. The molecule has 1 unspecified atom stereocenters. The van der Waals surface area contributed by atoms with Crippen LogP contribution in [0.5, 0.6) is 0 Å². The van der Waals surface area contributed by atoms with Crippen LogP contribution < -0.4 is 5.32 Å². The number of nitrogens with zero attached hydrogens (tertiary/aromatic N) is 1. The largest absolute Gasteiger partial charge is 0.340 e. The van der Waals surface area contributed by atoms with E-state index >= 15 is 0 Å². The molecule has 1 saturated heterocycles. The highest BCUT2D eigenvalue weighted by atomic mass is 16.2. The van der Waals surface area contributed by atoms with E-state index in [0.29, 0.717) is 18.9 Å². The summed E-state index contributed by atoms with van der Waals surface area (Å²) < 4.78 is 0. The van der Waals surface area contributed by atoms with Crippen LogP contribution in [-0.4, -0.2) is 34.3 Å². The second kappa shape index (κ2) is 4.80. The number of amides is 2. The molecule has 0 aromatic heterocycles. The minimum atomic E-state index is -0.685. The van der Waals surface area contributed by atoms with Crippen LogP contribution in [0.4, 0.5) is 0 Å². The van der Waals surface area contributed by atoms with E-state index in [1.165, 1.54) is 0 Å². The minimum absolute atomic E-state index is 0.0251. The Labute approximate surface area is 115 Å². The Morgan fingerprint density at radius 3 is 2.32 bits per heavy atom. The van der Waals surface area contributed by atoms with Gasteiger partial charge in [0.2, 0.25) is 11.8 Å². The van der Waals surface area contributed by atoms with E-state index in [0.717, 1.165) is 25.7 Å². The maximum atomic E-state index is 12.9. The summed E-state index contributed by atoms with van der Waals surface area (Å²) in [6.07, 6.45) is 4.32. The van der Waals surface area contributed by atoms with Gasteiger partial charge < -0.3 is 10.2 Å². The van der Waals surface area contributed by atoms with Gasteiger partial charge in [-0.2, -0.15) is 0 Å². The number of hydrogen-bond donors (Lipinski definition) is 1. The summed E-state index contributed by atoms with van der Waals surface area (Å²) in [5.74, 6) is 0.541. The van der Waals surface area contributed by atoms with Crippen molar-refractivity contribution in [3.63, 3.8) is 0 Å². The van der Waals surface area contributed by atoms with Crippen LogP contribution >= 0.6 is 0 Å². The lowest BCUT2D eigenvalue weighted by atomic mass is 9.83. The van der Waals surface area contributed by atoms with Gasteiger partial charge in [-0.05, 0) is 32.1 Å². The molecular weight excluding hydrogens is 240 g/mol. The first-order chi connectivity index (χ1) is 8.85. The number of nitrogens with one attached hydrogen (secondary N) is 1. The lowest BCUT2D eigenvalue weighted by molar-refractivity contribution is -0.163. The third-order valence-corrected chi connectivity index (χ3v) is 4.79. The quantitative estimate of drug-likeness (QED) is 0.850. The van der Waals surface area contributed by atoms with Crippen molar-refractivity contribution in [1.29, 1.82) is 0 Å². The van der Waals surface area contributed by atoms with E-state index in [-0.39, 0.29) is 11.8 Å². The maximum Gasteiger partial charge on any atom is 0.249 e. The van der Waals surface area contributed by atoms with Crippen LogP contribution in [0.1, 0.15) is 59.8 Å². The van der Waals surface area contributed by atoms with Gasteiger partial charge >= 0.3 is 0 Å². The van der Waals surface area contributed by atoms with E-state index in [9.17, 15) is 9.59 Å². The molecule has 19 heavy (non-hydrogen) atoms. The van der Waals surface area contributed by atoms with E-state index in [4.69, 9.17) is 0 Å². The summed E-state index contributed by atoms with van der Waals surface area (Å²) in [6.45, 7) is 8.73. The molecule has 1 spiro atoms. The first-order valence-corrected chi connectivity index (χ1v) is 7.50. The molecule has 1 atom stereocenters. The molecule has 1 heterocycles. The zero-order chi connectivity index (χ0) is 14.3. The van der Waals surface area contributed by atoms with Crippen molar-refractivity contribution in [3.05, 3.63) is 0 Å². The lowest BCUT2D eigenvalue weighted by Crippen LogP contribution is -2.74. The number of carbonyl (C=O) groups is 2. The van der Waals surface area contributed by atoms with Crippen LogP contribution in [0, 0.1) is 5.92 Å². The Hall–Kier alpha value is -1.06. The Morgan fingerprint density at radius 2 is 1.84 bits per heavy atom. The second-order valence-corrected chi connectivity index (χ2v) is 6.68. The fourth-order valence-electron chi connectivity index (χ4n) is 3.33. The SMILES string of the molecule is CCC1(C)C(=O)NC2(CCCC2)C(=O)N1CC(C)C. The van der Waals surface area contributed by atoms with Gasteiger partial charge in [0.1, 0.15) is 11.1 Å². The number of piperazine rings is 1. The molecule has 1 aliphatic heterocycles. The molecule has 1 saturated carbocycles. The number of carbonyl (C=O) groups excluding carboxylic acids is 2. The molecule has 2 rings (SSSR count). The molecule has 4 nitrogen and oxygen atoms in total. The topological polar surface area (TPSA) is 49.4 Å². The van der Waals surface area contributed by atoms with Crippen LogP contribution in [-0.2, 0) is 9.59 Å². The first kappa shape index (κ1) is 14.4. The van der Waals surface area contributed by atoms with E-state index < -0.39 is 11.1 Å². The monoisotopic (exact) mass is 266 g/mol. The van der Waals surface area contributed by atoms with Gasteiger partial charge in [0, 0.05) is 6.54 Å². The van der Waals surface area contributed by atoms with Crippen molar-refractivity contribution in [3.8, 4) is 0 Å². The summed E-state index contributed by atoms with van der Waals surface area (Å²) in [7, 11) is 0. The normalized spacial score (nSPS) is 30.3. The molecule has 2 aliphatic rings. The highest BCUT2D eigenvalue weighted by molar-refractivity contribution is 6.02. The highest BCUT2D eigenvalue weighted by Gasteiger charge is 2.56. The molecular formula is C15H26N2O2. The standard InChI is InChI=1S/C15H26N2O2/c1-5-14(4)12(18)16-15(8-6-7-9-15)13(19)17(14)10-11(2)3/h11H,5-10H2,1-4H3,(H,16,18). The minimum Gasteiger partial charge on any atom is -0.340 e. The highest BCUT2D eigenvalue weighted by Crippen LogP contribution is 2.38. The summed E-state index contributed by atoms with van der Waals surface area (Å²) >= 11 is 0. The summed E-state index contributed by atoms with van der Waals surface area (Å²) in [4.78, 5) is 27.3. The predicted octanol–water partition coefficient (Wildman–Crippen LogP) is 2.08. The fraction of sp³-hybridized carbons (Fsp3) is 0.867. The van der Waals surface area contributed by atoms with Gasteiger partial charge in [-0.25, -0.2) is 0 Å². The lowest BCUT2D eigenvalue weighted by Gasteiger charge is -2.50. The molecule has 0 bridgehead atoms. The van der Waals surface area contributed by atoms with Gasteiger partial charge in [-0.15, -0.1) is 0 Å². The molecule has 4 heteroatoms. The van der Waals surface area contributed by atoms with Gasteiger partial charge in [-0.3, -0.25) is 9.59 Å². The Morgan fingerprint density at radius 1 is 1.26 bits per heavy atom. The molecule has 2 amide bonds. The number of rotatable bonds is 3. The van der Waals surface area contributed by atoms with Gasteiger partial charge in [0.15, 0.2) is 0 Å². The summed E-state index contributed by atoms with van der Waals surface area (Å²) in [6, 6.07) is 0. The van der Waals surface area contributed by atoms with Crippen molar-refractivity contribution < 1.29 is 9.59 Å². The summed E-state index contributed by atoms with van der Waals surface area (Å²) in [5, 5.41) is 3.06. The van der Waals surface area contributed by atoms with Crippen LogP contribution in [0.15, 0.2) is 0 Å². The predicted molar refractivity (Wildman–Crippen MR) is 74.6 cm³/mol. The van der Waals surface area contributed by atoms with Crippen LogP contribution in [0.2, 0.25) is 0 Å². The average molecular weight is 266 g/mol. The fourth-order valence-corrected chi connectivity index (χ4v) is 3.33. The molecule has 0 aromatic rings. The average Bonchev–Trinajstić information content (AvgIpc) is 2.82. The van der Waals surface area contributed by atoms with Gasteiger partial charge in [0.05, 0.1) is 0 Å². The molecule has 1 aliphatic carbocycles. The number of hydrogen-bond acceptors (Lipinski definition) is 2. The van der Waals surface area contributed by atoms with E-state index in [1.807, 2.05) is 18.7 Å². The van der Waals surface area contributed by atoms with Crippen LogP contribution in [0.3, 0.4) is 0 Å². The van der Waals surface area contributed by atoms with Gasteiger partial charge in [0.25, 0.3) is 0 Å². The summed E-state index contributed by atoms with van der Waals surface area (Å²) in [5.41, 5.74) is -1.28. The molecule has 2 fully saturated rings. The molecule has 1 N–H and O–H groups in total. The molecule has 0 aromatic carbocycles. The third-order valence-electron chi connectivity index (χ3n) is 4.79. The zero-order valence-corrected chi connectivity index (χ0v) is 12.6. The van der Waals surface area contributed by atoms with Crippen LogP contribution in [0.25, 0.3) is 0 Å². The zero-order valence-electron chi connectivity index (χ0n) is 12.6. The van der Waals surface area contributed by atoms with E-state index in [1.54, 1.807) is 0 Å².